The van der Waals surface area contributed by atoms with E-state index in [4.69, 9.17) is 4.74 Å². The number of rotatable bonds is 4. The lowest BCUT2D eigenvalue weighted by atomic mass is 10.0. The van der Waals surface area contributed by atoms with Gasteiger partial charge in [-0.25, -0.2) is 5.43 Å². The Morgan fingerprint density at radius 1 is 1.33 bits per heavy atom. The van der Waals surface area contributed by atoms with Crippen LogP contribution in [-0.4, -0.2) is 48.7 Å². The van der Waals surface area contributed by atoms with Gasteiger partial charge in [-0.3, -0.25) is 9.59 Å². The Morgan fingerprint density at radius 2 is 2.12 bits per heavy atom. The molecule has 0 radical (unpaired) electrons. The second-order valence-corrected chi connectivity index (χ2v) is 6.06. The van der Waals surface area contributed by atoms with Gasteiger partial charge in [0.2, 0.25) is 5.91 Å². The number of hydrogen-bond acceptors (Lipinski definition) is 5. The molecule has 0 aliphatic carbocycles. The van der Waals surface area contributed by atoms with Crippen molar-refractivity contribution in [1.82, 2.24) is 10.3 Å². The van der Waals surface area contributed by atoms with Crippen LogP contribution in [0.5, 0.6) is 5.75 Å². The van der Waals surface area contributed by atoms with E-state index in [9.17, 15) is 9.59 Å². The molecule has 1 saturated heterocycles. The summed E-state index contributed by atoms with van der Waals surface area (Å²) in [4.78, 5) is 25.5. The van der Waals surface area contributed by atoms with E-state index in [-0.39, 0.29) is 17.9 Å². The highest BCUT2D eigenvalue weighted by molar-refractivity contribution is 6.39. The fourth-order valence-corrected chi connectivity index (χ4v) is 3.01. The summed E-state index contributed by atoms with van der Waals surface area (Å²) in [5.74, 6) is 0.610. The van der Waals surface area contributed by atoms with E-state index in [1.165, 1.54) is 0 Å². The fourth-order valence-electron chi connectivity index (χ4n) is 3.01. The molecule has 1 atom stereocenters. The van der Waals surface area contributed by atoms with Crippen LogP contribution in [0.15, 0.2) is 29.4 Å². The minimum absolute atomic E-state index is 0.0729. The number of piperidine rings is 1. The highest BCUT2D eigenvalue weighted by Gasteiger charge is 2.28. The molecule has 2 aliphatic heterocycles. The minimum atomic E-state index is -0.135. The predicted octanol–water partition coefficient (Wildman–Crippen LogP) is 1.36. The van der Waals surface area contributed by atoms with Gasteiger partial charge in [-0.2, -0.15) is 5.10 Å². The number of ether oxygens (including phenoxy) is 1. The molecular formula is C17H22N4O3. The van der Waals surface area contributed by atoms with Crippen LogP contribution in [0.3, 0.4) is 0 Å². The van der Waals surface area contributed by atoms with E-state index in [0.29, 0.717) is 25.1 Å². The Bertz CT molecular complexity index is 642. The SMILES string of the molecule is COc1ccc(N[C@H]2CCCN(C(=O)C3=NNC(=O)CC3)C2)cc1. The van der Waals surface area contributed by atoms with Crippen molar-refractivity contribution in [2.75, 3.05) is 25.5 Å². The summed E-state index contributed by atoms with van der Waals surface area (Å²) in [6.45, 7) is 1.37. The Morgan fingerprint density at radius 3 is 2.79 bits per heavy atom. The van der Waals surface area contributed by atoms with Gasteiger partial charge in [0.05, 0.1) is 7.11 Å². The summed E-state index contributed by atoms with van der Waals surface area (Å²) < 4.78 is 5.16. The van der Waals surface area contributed by atoms with Crippen LogP contribution >= 0.6 is 0 Å². The van der Waals surface area contributed by atoms with Crippen molar-refractivity contribution >= 4 is 23.2 Å². The van der Waals surface area contributed by atoms with Gasteiger partial charge in [0.25, 0.3) is 5.91 Å². The third-order valence-electron chi connectivity index (χ3n) is 4.32. The predicted molar refractivity (Wildman–Crippen MR) is 91.0 cm³/mol. The molecule has 3 rings (SSSR count). The van der Waals surface area contributed by atoms with Crippen LogP contribution < -0.4 is 15.5 Å². The van der Waals surface area contributed by atoms with Crippen molar-refractivity contribution < 1.29 is 14.3 Å². The molecule has 2 N–H and O–H groups in total. The lowest BCUT2D eigenvalue weighted by molar-refractivity contribution is -0.125. The molecule has 1 aromatic rings. The van der Waals surface area contributed by atoms with Crippen LogP contribution in [0.1, 0.15) is 25.7 Å². The maximum atomic E-state index is 12.5. The molecule has 7 nitrogen and oxygen atoms in total. The van der Waals surface area contributed by atoms with Gasteiger partial charge < -0.3 is 15.0 Å². The molecule has 0 saturated carbocycles. The summed E-state index contributed by atoms with van der Waals surface area (Å²) in [5, 5.41) is 7.37. The number of anilines is 1. The summed E-state index contributed by atoms with van der Waals surface area (Å²) in [7, 11) is 1.64. The van der Waals surface area contributed by atoms with Crippen LogP contribution in [0.4, 0.5) is 5.69 Å². The second-order valence-electron chi connectivity index (χ2n) is 6.06. The zero-order valence-corrected chi connectivity index (χ0v) is 13.7. The molecule has 24 heavy (non-hydrogen) atoms. The molecule has 0 unspecified atom stereocenters. The van der Waals surface area contributed by atoms with Crippen molar-refractivity contribution in [2.45, 2.75) is 31.7 Å². The van der Waals surface area contributed by atoms with E-state index in [1.54, 1.807) is 7.11 Å². The molecule has 1 aromatic carbocycles. The topological polar surface area (TPSA) is 83.0 Å². The number of amides is 2. The lowest BCUT2D eigenvalue weighted by Crippen LogP contribution is -2.48. The first-order valence-electron chi connectivity index (χ1n) is 8.21. The summed E-state index contributed by atoms with van der Waals surface area (Å²) >= 11 is 0. The number of likely N-dealkylation sites (tertiary alicyclic amines) is 1. The Kier molecular flexibility index (Phi) is 4.98. The first kappa shape index (κ1) is 16.3. The van der Waals surface area contributed by atoms with Gasteiger partial charge in [-0.1, -0.05) is 0 Å². The highest BCUT2D eigenvalue weighted by atomic mass is 16.5. The van der Waals surface area contributed by atoms with Crippen molar-refractivity contribution in [3.63, 3.8) is 0 Å². The van der Waals surface area contributed by atoms with Gasteiger partial charge in [0.1, 0.15) is 11.5 Å². The molecular weight excluding hydrogens is 308 g/mol. The van der Waals surface area contributed by atoms with Crippen molar-refractivity contribution in [1.29, 1.82) is 0 Å². The maximum Gasteiger partial charge on any atom is 0.270 e. The van der Waals surface area contributed by atoms with Crippen LogP contribution in [0, 0.1) is 0 Å². The number of nitrogens with zero attached hydrogens (tertiary/aromatic N) is 2. The molecule has 2 aliphatic rings. The third-order valence-corrected chi connectivity index (χ3v) is 4.32. The van der Waals surface area contributed by atoms with Gasteiger partial charge in [0, 0.05) is 37.7 Å². The van der Waals surface area contributed by atoms with Crippen molar-refractivity contribution in [2.24, 2.45) is 5.10 Å². The number of benzene rings is 1. The number of nitrogens with one attached hydrogen (secondary N) is 2. The number of hydrogen-bond donors (Lipinski definition) is 2. The first-order chi connectivity index (χ1) is 11.7. The van der Waals surface area contributed by atoms with Gasteiger partial charge in [0.15, 0.2) is 0 Å². The van der Waals surface area contributed by atoms with E-state index >= 15 is 0 Å². The van der Waals surface area contributed by atoms with E-state index in [2.05, 4.69) is 15.8 Å². The van der Waals surface area contributed by atoms with Gasteiger partial charge in [-0.15, -0.1) is 0 Å². The lowest BCUT2D eigenvalue weighted by Gasteiger charge is -2.34. The Labute approximate surface area is 141 Å². The molecule has 0 bridgehead atoms. The molecule has 2 amide bonds. The molecule has 2 heterocycles. The summed E-state index contributed by atoms with van der Waals surface area (Å²) in [6.07, 6.45) is 2.70. The average Bonchev–Trinajstić information content (AvgIpc) is 2.63. The molecule has 1 fully saturated rings. The Balaban J connectivity index is 1.59. The number of hydrazone groups is 1. The largest absolute Gasteiger partial charge is 0.497 e. The average molecular weight is 330 g/mol. The van der Waals surface area contributed by atoms with Crippen LogP contribution in [0.25, 0.3) is 0 Å². The number of carbonyl (C=O) groups excluding carboxylic acids is 2. The zero-order valence-electron chi connectivity index (χ0n) is 13.7. The highest BCUT2D eigenvalue weighted by Crippen LogP contribution is 2.20. The quantitative estimate of drug-likeness (QED) is 0.873. The first-order valence-corrected chi connectivity index (χ1v) is 8.21. The molecule has 128 valence electrons. The van der Waals surface area contributed by atoms with E-state index in [1.807, 2.05) is 29.2 Å². The van der Waals surface area contributed by atoms with Crippen molar-refractivity contribution in [3.8, 4) is 5.75 Å². The zero-order chi connectivity index (χ0) is 16.9. The van der Waals surface area contributed by atoms with E-state index < -0.39 is 0 Å². The number of methoxy groups -OCH3 is 1. The fraction of sp³-hybridized carbons (Fsp3) is 0.471. The van der Waals surface area contributed by atoms with Crippen LogP contribution in [-0.2, 0) is 9.59 Å². The normalized spacial score (nSPS) is 20.9. The molecule has 7 heteroatoms. The van der Waals surface area contributed by atoms with Crippen molar-refractivity contribution in [3.05, 3.63) is 24.3 Å². The maximum absolute atomic E-state index is 12.5. The molecule has 0 spiro atoms. The second kappa shape index (κ2) is 7.33. The monoisotopic (exact) mass is 330 g/mol. The third kappa shape index (κ3) is 3.84. The summed E-state index contributed by atoms with van der Waals surface area (Å²) in [5.41, 5.74) is 3.84. The van der Waals surface area contributed by atoms with Crippen LogP contribution in [0.2, 0.25) is 0 Å². The molecule has 0 aromatic heterocycles. The van der Waals surface area contributed by atoms with Gasteiger partial charge in [-0.05, 0) is 37.1 Å². The summed E-state index contributed by atoms with van der Waals surface area (Å²) in [6, 6.07) is 7.97. The standard InChI is InChI=1S/C17H22N4O3/c1-24-14-6-4-12(5-7-14)18-13-3-2-10-21(11-13)17(23)15-8-9-16(22)20-19-15/h4-7,13,18H,2-3,8-11H2,1H3,(H,20,22)/t13-/m0/s1. The number of carbonyl (C=O) groups is 2. The van der Waals surface area contributed by atoms with E-state index in [0.717, 1.165) is 30.8 Å². The smallest absolute Gasteiger partial charge is 0.270 e. The Hall–Kier alpha value is -2.57. The van der Waals surface area contributed by atoms with Gasteiger partial charge >= 0.3 is 0 Å². The minimum Gasteiger partial charge on any atom is -0.497 e.